The molecule has 4 heteroatoms. The molecule has 28 heavy (non-hydrogen) atoms. The molecule has 4 nitrogen and oxygen atoms in total. The van der Waals surface area contributed by atoms with Gasteiger partial charge in [0.05, 0.1) is 0 Å². The zero-order valence-corrected chi connectivity index (χ0v) is 16.4. The zero-order chi connectivity index (χ0) is 19.5. The molecule has 0 bridgehead atoms. The van der Waals surface area contributed by atoms with Crippen molar-refractivity contribution in [3.05, 3.63) is 71.3 Å². The first-order valence-corrected chi connectivity index (χ1v) is 10.3. The molecular formula is C24H28N2O2. The van der Waals surface area contributed by atoms with Crippen molar-refractivity contribution in [1.82, 2.24) is 10.2 Å². The summed E-state index contributed by atoms with van der Waals surface area (Å²) in [6, 6.07) is 17.4. The highest BCUT2D eigenvalue weighted by atomic mass is 16.2. The van der Waals surface area contributed by atoms with Crippen LogP contribution in [-0.2, 0) is 11.3 Å². The highest BCUT2D eigenvalue weighted by Crippen LogP contribution is 2.40. The Kier molecular flexibility index (Phi) is 5.47. The summed E-state index contributed by atoms with van der Waals surface area (Å²) in [5.74, 6) is 0.405. The first-order valence-electron chi connectivity index (χ1n) is 10.3. The van der Waals surface area contributed by atoms with E-state index in [0.29, 0.717) is 18.0 Å². The van der Waals surface area contributed by atoms with Crippen molar-refractivity contribution >= 4 is 11.8 Å². The minimum absolute atomic E-state index is 0.00861. The maximum Gasteiger partial charge on any atom is 0.254 e. The van der Waals surface area contributed by atoms with Gasteiger partial charge in [0.25, 0.3) is 5.91 Å². The fourth-order valence-electron chi connectivity index (χ4n) is 4.85. The van der Waals surface area contributed by atoms with Crippen LogP contribution >= 0.6 is 0 Å². The fourth-order valence-corrected chi connectivity index (χ4v) is 4.85. The Balaban J connectivity index is 1.53. The molecule has 1 N–H and O–H groups in total. The third-order valence-electron chi connectivity index (χ3n) is 6.20. The lowest BCUT2D eigenvalue weighted by atomic mass is 9.84. The number of carbonyl (C=O) groups excluding carboxylic acids is 2. The lowest BCUT2D eigenvalue weighted by Crippen LogP contribution is -2.49. The van der Waals surface area contributed by atoms with Crippen molar-refractivity contribution in [2.24, 2.45) is 5.92 Å². The molecule has 146 valence electrons. The highest BCUT2D eigenvalue weighted by molar-refractivity contribution is 5.98. The summed E-state index contributed by atoms with van der Waals surface area (Å²) in [4.78, 5) is 28.3. The Hall–Kier alpha value is -2.62. The van der Waals surface area contributed by atoms with Gasteiger partial charge in [0, 0.05) is 18.2 Å². The van der Waals surface area contributed by atoms with Crippen LogP contribution in [0.15, 0.2) is 54.6 Å². The molecule has 2 aliphatic rings. The molecule has 1 saturated heterocycles. The van der Waals surface area contributed by atoms with Crippen LogP contribution in [0.3, 0.4) is 0 Å². The number of amides is 2. The number of carbonyl (C=O) groups is 2. The predicted octanol–water partition coefficient (Wildman–Crippen LogP) is 4.08. The highest BCUT2D eigenvalue weighted by Gasteiger charge is 2.47. The Morgan fingerprint density at radius 2 is 1.82 bits per heavy atom. The van der Waals surface area contributed by atoms with Gasteiger partial charge in [0.1, 0.15) is 6.04 Å². The number of aryl methyl sites for hydroxylation is 1. The van der Waals surface area contributed by atoms with Crippen molar-refractivity contribution in [3.8, 4) is 0 Å². The van der Waals surface area contributed by atoms with E-state index in [1.54, 1.807) is 0 Å². The molecule has 2 aromatic carbocycles. The van der Waals surface area contributed by atoms with Crippen LogP contribution in [0.1, 0.15) is 53.6 Å². The van der Waals surface area contributed by atoms with Gasteiger partial charge in [0.15, 0.2) is 0 Å². The summed E-state index contributed by atoms with van der Waals surface area (Å²) in [5, 5.41) is 3.08. The van der Waals surface area contributed by atoms with Gasteiger partial charge in [-0.1, -0.05) is 60.9 Å². The smallest absolute Gasteiger partial charge is 0.254 e. The molecule has 1 heterocycles. The number of nitrogens with zero attached hydrogens (tertiary/aromatic N) is 1. The quantitative estimate of drug-likeness (QED) is 0.874. The number of hydrogen-bond acceptors (Lipinski definition) is 2. The number of likely N-dealkylation sites (tertiary alicyclic amines) is 1. The zero-order valence-electron chi connectivity index (χ0n) is 16.4. The Bertz CT molecular complexity index is 849. The van der Waals surface area contributed by atoms with E-state index < -0.39 is 0 Å². The van der Waals surface area contributed by atoms with Gasteiger partial charge in [-0.25, -0.2) is 0 Å². The number of rotatable bonds is 4. The first kappa shape index (κ1) is 18.7. The lowest BCUT2D eigenvalue weighted by molar-refractivity contribution is -0.125. The van der Waals surface area contributed by atoms with E-state index in [-0.39, 0.29) is 23.9 Å². The van der Waals surface area contributed by atoms with Crippen LogP contribution < -0.4 is 5.32 Å². The fraction of sp³-hybridized carbons (Fsp3) is 0.417. The van der Waals surface area contributed by atoms with Crippen LogP contribution in [0, 0.1) is 12.8 Å². The summed E-state index contributed by atoms with van der Waals surface area (Å²) >= 11 is 0. The van der Waals surface area contributed by atoms with Gasteiger partial charge in [0.2, 0.25) is 5.91 Å². The topological polar surface area (TPSA) is 49.4 Å². The molecule has 3 atom stereocenters. The third kappa shape index (κ3) is 3.82. The van der Waals surface area contributed by atoms with Crippen molar-refractivity contribution in [2.45, 2.75) is 57.7 Å². The predicted molar refractivity (Wildman–Crippen MR) is 110 cm³/mol. The Morgan fingerprint density at radius 3 is 2.61 bits per heavy atom. The van der Waals surface area contributed by atoms with Crippen LogP contribution in [0.5, 0.6) is 0 Å². The van der Waals surface area contributed by atoms with E-state index in [1.807, 2.05) is 60.4 Å². The monoisotopic (exact) mass is 376 g/mol. The maximum absolute atomic E-state index is 13.3. The second-order valence-electron chi connectivity index (χ2n) is 8.15. The lowest BCUT2D eigenvalue weighted by Gasteiger charge is -2.33. The van der Waals surface area contributed by atoms with E-state index in [0.717, 1.165) is 31.2 Å². The summed E-state index contributed by atoms with van der Waals surface area (Å²) < 4.78 is 0. The minimum Gasteiger partial charge on any atom is -0.350 e. The number of nitrogens with one attached hydrogen (secondary N) is 1. The van der Waals surface area contributed by atoms with E-state index >= 15 is 0 Å². The van der Waals surface area contributed by atoms with E-state index in [2.05, 4.69) is 11.4 Å². The summed E-state index contributed by atoms with van der Waals surface area (Å²) in [7, 11) is 0. The van der Waals surface area contributed by atoms with Crippen molar-refractivity contribution in [2.75, 3.05) is 0 Å². The normalized spacial score (nSPS) is 23.9. The first-order chi connectivity index (χ1) is 13.6. The average Bonchev–Trinajstić information content (AvgIpc) is 3.12. The molecule has 3 unspecified atom stereocenters. The third-order valence-corrected chi connectivity index (χ3v) is 6.20. The van der Waals surface area contributed by atoms with Crippen LogP contribution in [0.4, 0.5) is 0 Å². The van der Waals surface area contributed by atoms with Crippen molar-refractivity contribution < 1.29 is 9.59 Å². The second kappa shape index (κ2) is 8.17. The molecule has 0 spiro atoms. The molecule has 2 fully saturated rings. The van der Waals surface area contributed by atoms with Crippen molar-refractivity contribution in [1.29, 1.82) is 0 Å². The largest absolute Gasteiger partial charge is 0.350 e. The van der Waals surface area contributed by atoms with Gasteiger partial charge in [-0.05, 0) is 49.8 Å². The van der Waals surface area contributed by atoms with Gasteiger partial charge in [-0.2, -0.15) is 0 Å². The molecule has 1 aliphatic heterocycles. The molecule has 4 rings (SSSR count). The molecule has 1 aliphatic carbocycles. The molecule has 2 amide bonds. The number of hydrogen-bond donors (Lipinski definition) is 1. The number of benzene rings is 2. The van der Waals surface area contributed by atoms with E-state index in [4.69, 9.17) is 0 Å². The summed E-state index contributed by atoms with van der Waals surface area (Å²) in [6.07, 6.45) is 5.24. The molecule has 0 radical (unpaired) electrons. The summed E-state index contributed by atoms with van der Waals surface area (Å²) in [6.45, 7) is 2.55. The van der Waals surface area contributed by atoms with Crippen LogP contribution in [0.2, 0.25) is 0 Å². The SMILES string of the molecule is Cc1cccc(CNC(=O)C2CC3CCCCC3N2C(=O)c2ccccc2)c1. The van der Waals surface area contributed by atoms with Gasteiger partial charge in [-0.15, -0.1) is 0 Å². The van der Waals surface area contributed by atoms with Crippen LogP contribution in [-0.4, -0.2) is 28.8 Å². The van der Waals surface area contributed by atoms with Crippen LogP contribution in [0.25, 0.3) is 0 Å². The molecular weight excluding hydrogens is 348 g/mol. The number of fused-ring (bicyclic) bond motifs is 1. The standard InChI is InChI=1S/C24H28N2O2/c1-17-8-7-9-18(14-17)16-25-23(27)22-15-20-12-5-6-13-21(20)26(22)24(28)19-10-3-2-4-11-19/h2-4,7-11,14,20-22H,5-6,12-13,15-16H2,1H3,(H,25,27). The average molecular weight is 377 g/mol. The molecule has 0 aromatic heterocycles. The van der Waals surface area contributed by atoms with Gasteiger partial charge >= 0.3 is 0 Å². The van der Waals surface area contributed by atoms with E-state index in [1.165, 1.54) is 12.0 Å². The van der Waals surface area contributed by atoms with E-state index in [9.17, 15) is 9.59 Å². The van der Waals surface area contributed by atoms with Gasteiger partial charge < -0.3 is 10.2 Å². The Morgan fingerprint density at radius 1 is 1.04 bits per heavy atom. The Labute approximate surface area is 166 Å². The minimum atomic E-state index is -0.370. The maximum atomic E-state index is 13.3. The summed E-state index contributed by atoms with van der Waals surface area (Å²) in [5.41, 5.74) is 2.94. The molecule has 1 saturated carbocycles. The van der Waals surface area contributed by atoms with Crippen molar-refractivity contribution in [3.63, 3.8) is 0 Å². The molecule has 2 aromatic rings. The van der Waals surface area contributed by atoms with Gasteiger partial charge in [-0.3, -0.25) is 9.59 Å². The second-order valence-corrected chi connectivity index (χ2v) is 8.15.